The highest BCUT2D eigenvalue weighted by molar-refractivity contribution is 5.93. The summed E-state index contributed by atoms with van der Waals surface area (Å²) in [6.45, 7) is 4.79. The summed E-state index contributed by atoms with van der Waals surface area (Å²) < 4.78 is 1.40. The van der Waals surface area contributed by atoms with Gasteiger partial charge in [-0.1, -0.05) is 13.8 Å². The fourth-order valence-corrected chi connectivity index (χ4v) is 1.34. The smallest absolute Gasteiger partial charge is 0.263 e. The zero-order chi connectivity index (χ0) is 12.1. The lowest BCUT2D eigenvalue weighted by Gasteiger charge is -2.07. The summed E-state index contributed by atoms with van der Waals surface area (Å²) in [5.74, 6) is 0.251. The molecule has 16 heavy (non-hydrogen) atoms. The highest BCUT2D eigenvalue weighted by atomic mass is 16.2. The minimum absolute atomic E-state index is 0.203. The van der Waals surface area contributed by atoms with Gasteiger partial charge in [-0.25, -0.2) is 0 Å². The number of rotatable bonds is 4. The molecule has 1 aromatic heterocycles. The molecule has 0 aliphatic rings. The van der Waals surface area contributed by atoms with Crippen molar-refractivity contribution >= 4 is 5.91 Å². The van der Waals surface area contributed by atoms with Crippen molar-refractivity contribution in [2.45, 2.75) is 20.3 Å². The molecule has 0 bridgehead atoms. The van der Waals surface area contributed by atoms with Crippen molar-refractivity contribution in [2.75, 3.05) is 6.54 Å². The molecule has 0 aromatic carbocycles. The normalized spacial score (nSPS) is 10.5. The molecule has 4 heteroatoms. The molecule has 1 heterocycles. The Bertz CT molecular complexity index is 421. The van der Waals surface area contributed by atoms with Gasteiger partial charge in [0.25, 0.3) is 11.5 Å². The Morgan fingerprint density at radius 3 is 2.81 bits per heavy atom. The fraction of sp³-hybridized carbons (Fsp3) is 0.500. The first-order valence-electron chi connectivity index (χ1n) is 5.46. The Hall–Kier alpha value is -1.58. The molecule has 0 aliphatic heterocycles. The first-order valence-corrected chi connectivity index (χ1v) is 5.46. The van der Waals surface area contributed by atoms with E-state index in [2.05, 4.69) is 19.2 Å². The van der Waals surface area contributed by atoms with E-state index in [0.717, 1.165) is 6.42 Å². The van der Waals surface area contributed by atoms with E-state index in [1.54, 1.807) is 25.4 Å². The molecule has 0 unspecified atom stereocenters. The van der Waals surface area contributed by atoms with Gasteiger partial charge in [0.15, 0.2) is 0 Å². The third-order valence-electron chi connectivity index (χ3n) is 2.38. The van der Waals surface area contributed by atoms with Crippen LogP contribution in [0.25, 0.3) is 0 Å². The number of aromatic nitrogens is 1. The Kier molecular flexibility index (Phi) is 4.28. The van der Waals surface area contributed by atoms with E-state index in [1.807, 2.05) is 0 Å². The molecule has 1 amide bonds. The summed E-state index contributed by atoms with van der Waals surface area (Å²) in [7, 11) is 1.63. The molecule has 0 spiro atoms. The summed E-state index contributed by atoms with van der Waals surface area (Å²) in [6.07, 6.45) is 2.55. The maximum Gasteiger partial charge on any atom is 0.263 e. The van der Waals surface area contributed by atoms with E-state index in [1.165, 1.54) is 4.57 Å². The molecule has 88 valence electrons. The Labute approximate surface area is 95.3 Å². The van der Waals surface area contributed by atoms with Crippen molar-refractivity contribution < 1.29 is 4.79 Å². The van der Waals surface area contributed by atoms with Crippen molar-refractivity contribution in [3.05, 3.63) is 34.2 Å². The summed E-state index contributed by atoms with van der Waals surface area (Å²) in [4.78, 5) is 23.3. The van der Waals surface area contributed by atoms with Crippen molar-refractivity contribution in [1.82, 2.24) is 9.88 Å². The summed E-state index contributed by atoms with van der Waals surface area (Å²) in [5.41, 5.74) is -0.0571. The number of carbonyl (C=O) groups is 1. The maximum absolute atomic E-state index is 11.7. The van der Waals surface area contributed by atoms with Crippen LogP contribution >= 0.6 is 0 Å². The summed E-state index contributed by atoms with van der Waals surface area (Å²) in [5, 5.41) is 2.75. The number of hydrogen-bond acceptors (Lipinski definition) is 2. The van der Waals surface area contributed by atoms with E-state index >= 15 is 0 Å². The Balaban J connectivity index is 2.67. The third-order valence-corrected chi connectivity index (χ3v) is 2.38. The quantitative estimate of drug-likeness (QED) is 0.831. The van der Waals surface area contributed by atoms with E-state index in [-0.39, 0.29) is 17.0 Å². The predicted molar refractivity (Wildman–Crippen MR) is 63.5 cm³/mol. The number of aryl methyl sites for hydroxylation is 1. The number of nitrogens with zero attached hydrogens (tertiary/aromatic N) is 1. The van der Waals surface area contributed by atoms with E-state index in [4.69, 9.17) is 0 Å². The van der Waals surface area contributed by atoms with Crippen LogP contribution in [0.3, 0.4) is 0 Å². The van der Waals surface area contributed by atoms with Crippen LogP contribution in [-0.2, 0) is 7.05 Å². The van der Waals surface area contributed by atoms with Crippen LogP contribution in [0.1, 0.15) is 30.6 Å². The molecular weight excluding hydrogens is 204 g/mol. The lowest BCUT2D eigenvalue weighted by molar-refractivity contribution is 0.0950. The van der Waals surface area contributed by atoms with Crippen LogP contribution in [0, 0.1) is 5.92 Å². The van der Waals surface area contributed by atoms with Crippen LogP contribution in [0.4, 0.5) is 0 Å². The molecule has 0 radical (unpaired) electrons. The molecule has 4 nitrogen and oxygen atoms in total. The zero-order valence-corrected chi connectivity index (χ0v) is 9.99. The molecule has 1 N–H and O–H groups in total. The molecule has 1 aromatic rings. The van der Waals surface area contributed by atoms with Gasteiger partial charge in [-0.2, -0.15) is 0 Å². The van der Waals surface area contributed by atoms with E-state index < -0.39 is 0 Å². The van der Waals surface area contributed by atoms with Crippen molar-refractivity contribution in [2.24, 2.45) is 13.0 Å². The summed E-state index contributed by atoms with van der Waals surface area (Å²) in [6, 6.07) is 3.24. The monoisotopic (exact) mass is 222 g/mol. The Morgan fingerprint density at radius 2 is 2.19 bits per heavy atom. The lowest BCUT2D eigenvalue weighted by Crippen LogP contribution is -2.32. The number of hydrogen-bond donors (Lipinski definition) is 1. The number of nitrogens with one attached hydrogen (secondary N) is 1. The fourth-order valence-electron chi connectivity index (χ4n) is 1.34. The summed E-state index contributed by atoms with van der Waals surface area (Å²) >= 11 is 0. The molecular formula is C12H18N2O2. The van der Waals surface area contributed by atoms with Crippen LogP contribution < -0.4 is 10.9 Å². The van der Waals surface area contributed by atoms with Gasteiger partial charge in [-0.3, -0.25) is 9.59 Å². The molecule has 0 saturated carbocycles. The average Bonchev–Trinajstić information content (AvgIpc) is 2.21. The van der Waals surface area contributed by atoms with Crippen LogP contribution in [0.2, 0.25) is 0 Å². The van der Waals surface area contributed by atoms with Crippen LogP contribution in [-0.4, -0.2) is 17.0 Å². The minimum Gasteiger partial charge on any atom is -0.352 e. The SMILES string of the molecule is CC(C)CCNC(=O)c1cccn(C)c1=O. The second-order valence-corrected chi connectivity index (χ2v) is 4.28. The zero-order valence-electron chi connectivity index (χ0n) is 9.99. The van der Waals surface area contributed by atoms with E-state index in [0.29, 0.717) is 12.5 Å². The topological polar surface area (TPSA) is 51.1 Å². The van der Waals surface area contributed by atoms with Crippen molar-refractivity contribution in [3.63, 3.8) is 0 Å². The predicted octanol–water partition coefficient (Wildman–Crippen LogP) is 1.16. The van der Waals surface area contributed by atoms with Gasteiger partial charge in [0.2, 0.25) is 0 Å². The van der Waals surface area contributed by atoms with Crippen LogP contribution in [0.5, 0.6) is 0 Å². The Morgan fingerprint density at radius 1 is 1.50 bits per heavy atom. The van der Waals surface area contributed by atoms with Gasteiger partial charge in [-0.05, 0) is 24.5 Å². The average molecular weight is 222 g/mol. The van der Waals surface area contributed by atoms with Crippen molar-refractivity contribution in [3.8, 4) is 0 Å². The van der Waals surface area contributed by atoms with Gasteiger partial charge in [0.05, 0.1) is 0 Å². The molecule has 0 atom stereocenters. The third kappa shape index (κ3) is 3.22. The van der Waals surface area contributed by atoms with Gasteiger partial charge in [-0.15, -0.1) is 0 Å². The van der Waals surface area contributed by atoms with E-state index in [9.17, 15) is 9.59 Å². The minimum atomic E-state index is -0.290. The lowest BCUT2D eigenvalue weighted by atomic mass is 10.1. The van der Waals surface area contributed by atoms with Gasteiger partial charge in [0.1, 0.15) is 5.56 Å². The van der Waals surface area contributed by atoms with Gasteiger partial charge < -0.3 is 9.88 Å². The number of pyridine rings is 1. The largest absolute Gasteiger partial charge is 0.352 e. The first kappa shape index (κ1) is 12.5. The maximum atomic E-state index is 11.7. The van der Waals surface area contributed by atoms with Crippen molar-refractivity contribution in [1.29, 1.82) is 0 Å². The second-order valence-electron chi connectivity index (χ2n) is 4.28. The van der Waals surface area contributed by atoms with Crippen LogP contribution in [0.15, 0.2) is 23.1 Å². The molecule has 0 fully saturated rings. The first-order chi connectivity index (χ1) is 7.52. The van der Waals surface area contributed by atoms with Gasteiger partial charge >= 0.3 is 0 Å². The highest BCUT2D eigenvalue weighted by Crippen LogP contribution is 1.97. The number of amides is 1. The molecule has 1 rings (SSSR count). The standard InChI is InChI=1S/C12H18N2O2/c1-9(2)6-7-13-11(15)10-5-4-8-14(3)12(10)16/h4-5,8-9H,6-7H2,1-3H3,(H,13,15). The second kappa shape index (κ2) is 5.49. The molecule has 0 aliphatic carbocycles. The highest BCUT2D eigenvalue weighted by Gasteiger charge is 2.10. The number of carbonyl (C=O) groups excluding carboxylic acids is 1. The molecule has 0 saturated heterocycles. The van der Waals surface area contributed by atoms with Gasteiger partial charge in [0, 0.05) is 19.8 Å².